The molecule has 0 unspecified atom stereocenters. The number of methoxy groups -OCH3 is 1. The maximum atomic E-state index is 13.8. The third-order valence-corrected chi connectivity index (χ3v) is 9.49. The zero-order valence-electron chi connectivity index (χ0n) is 23.2. The third kappa shape index (κ3) is 5.62. The minimum Gasteiger partial charge on any atom is -0.496 e. The molecule has 0 saturated carbocycles. The highest BCUT2D eigenvalue weighted by Gasteiger charge is 2.38. The van der Waals surface area contributed by atoms with Crippen LogP contribution < -0.4 is 18.9 Å². The van der Waals surface area contributed by atoms with Crippen molar-refractivity contribution in [3.05, 3.63) is 66.2 Å². The highest BCUT2D eigenvalue weighted by molar-refractivity contribution is 7.89. The number of benzene rings is 3. The molecule has 0 saturated heterocycles. The fourth-order valence-electron chi connectivity index (χ4n) is 5.22. The molecule has 214 valence electrons. The normalized spacial score (nSPS) is 20.8. The van der Waals surface area contributed by atoms with Gasteiger partial charge in [-0.1, -0.05) is 37.3 Å². The van der Waals surface area contributed by atoms with E-state index in [1.54, 1.807) is 32.2 Å². The van der Waals surface area contributed by atoms with Crippen LogP contribution in [0.3, 0.4) is 0 Å². The Morgan fingerprint density at radius 1 is 1.07 bits per heavy atom. The molecule has 3 aromatic carbocycles. The Balaban J connectivity index is 1.49. The first kappa shape index (κ1) is 28.2. The number of ether oxygens (including phenoxy) is 4. The lowest BCUT2D eigenvalue weighted by molar-refractivity contribution is 0.0734. The summed E-state index contributed by atoms with van der Waals surface area (Å²) in [4.78, 5) is 2.24. The van der Waals surface area contributed by atoms with Gasteiger partial charge in [-0.05, 0) is 55.4 Å². The molecule has 0 aliphatic carbocycles. The smallest absolute Gasteiger partial charge is 0.247 e. The number of rotatable bonds is 8. The summed E-state index contributed by atoms with van der Waals surface area (Å²) in [6.45, 7) is 5.07. The summed E-state index contributed by atoms with van der Waals surface area (Å²) >= 11 is 0. The van der Waals surface area contributed by atoms with E-state index in [4.69, 9.17) is 18.9 Å². The molecule has 2 aliphatic heterocycles. The van der Waals surface area contributed by atoms with Crippen LogP contribution in [0.25, 0.3) is 11.1 Å². The van der Waals surface area contributed by atoms with Crippen molar-refractivity contribution in [3.8, 4) is 34.1 Å². The van der Waals surface area contributed by atoms with Gasteiger partial charge in [0.25, 0.3) is 0 Å². The molecule has 0 amide bonds. The number of hydrogen-bond acceptors (Lipinski definition) is 8. The standard InChI is InChI=1S/C30H36N2O7S/c1-20-15-32(21(2)18-33)40(34,35)30-12-10-23(24-7-5-6-8-25(24)36-4)14-28(30)39-29(20)17-31(3)16-22-9-11-26-27(13-22)38-19-37-26/h5-14,20-21,29,33H,15-19H2,1-4H3/t20-,21+,29-/m1/s1. The highest BCUT2D eigenvalue weighted by atomic mass is 32.2. The first-order valence-corrected chi connectivity index (χ1v) is 14.8. The summed E-state index contributed by atoms with van der Waals surface area (Å²) in [7, 11) is -0.313. The summed E-state index contributed by atoms with van der Waals surface area (Å²) in [5.41, 5.74) is 2.69. The molecule has 40 heavy (non-hydrogen) atoms. The van der Waals surface area contributed by atoms with Gasteiger partial charge in [-0.3, -0.25) is 4.90 Å². The Bertz CT molecular complexity index is 1460. The number of fused-ring (bicyclic) bond motifs is 2. The van der Waals surface area contributed by atoms with Crippen molar-refractivity contribution < 1.29 is 32.5 Å². The van der Waals surface area contributed by atoms with Crippen LogP contribution in [0.2, 0.25) is 0 Å². The van der Waals surface area contributed by atoms with Crippen LogP contribution in [-0.2, 0) is 16.6 Å². The van der Waals surface area contributed by atoms with Gasteiger partial charge in [0.2, 0.25) is 16.8 Å². The van der Waals surface area contributed by atoms with Crippen LogP contribution in [0, 0.1) is 5.92 Å². The lowest BCUT2D eigenvalue weighted by atomic mass is 10.0. The number of likely N-dealkylation sites (N-methyl/N-ethyl adjacent to an activating group) is 1. The third-order valence-electron chi connectivity index (χ3n) is 7.47. The number of nitrogens with zero attached hydrogens (tertiary/aromatic N) is 2. The van der Waals surface area contributed by atoms with E-state index in [-0.39, 0.29) is 42.6 Å². The summed E-state index contributed by atoms with van der Waals surface area (Å²) < 4.78 is 52.1. The summed E-state index contributed by atoms with van der Waals surface area (Å²) in [5.74, 6) is 2.28. The van der Waals surface area contributed by atoms with Crippen molar-refractivity contribution in [2.24, 2.45) is 5.92 Å². The van der Waals surface area contributed by atoms with Gasteiger partial charge in [0.05, 0.1) is 13.7 Å². The van der Waals surface area contributed by atoms with E-state index in [2.05, 4.69) is 4.90 Å². The fraction of sp³-hybridized carbons (Fsp3) is 0.400. The predicted molar refractivity (Wildman–Crippen MR) is 151 cm³/mol. The predicted octanol–water partition coefficient (Wildman–Crippen LogP) is 3.99. The average molecular weight is 569 g/mol. The van der Waals surface area contributed by atoms with Crippen molar-refractivity contribution in [1.29, 1.82) is 0 Å². The van der Waals surface area contributed by atoms with E-state index < -0.39 is 16.1 Å². The van der Waals surface area contributed by atoms with Gasteiger partial charge < -0.3 is 24.1 Å². The van der Waals surface area contributed by atoms with Crippen LogP contribution in [0.4, 0.5) is 0 Å². The second-order valence-electron chi connectivity index (χ2n) is 10.5. The molecule has 0 spiro atoms. The molecule has 5 rings (SSSR count). The first-order chi connectivity index (χ1) is 19.2. The molecule has 2 aliphatic rings. The largest absolute Gasteiger partial charge is 0.496 e. The van der Waals surface area contributed by atoms with E-state index in [0.29, 0.717) is 18.8 Å². The second-order valence-corrected chi connectivity index (χ2v) is 12.3. The van der Waals surface area contributed by atoms with E-state index in [9.17, 15) is 13.5 Å². The van der Waals surface area contributed by atoms with Gasteiger partial charge in [-0.25, -0.2) is 8.42 Å². The highest BCUT2D eigenvalue weighted by Crippen LogP contribution is 2.39. The minimum atomic E-state index is -3.93. The minimum absolute atomic E-state index is 0.0850. The van der Waals surface area contributed by atoms with Crippen molar-refractivity contribution in [1.82, 2.24) is 9.21 Å². The molecule has 0 radical (unpaired) electrons. The lowest BCUT2D eigenvalue weighted by Gasteiger charge is -2.37. The number of hydrogen-bond donors (Lipinski definition) is 1. The van der Waals surface area contributed by atoms with Crippen molar-refractivity contribution in [2.45, 2.75) is 37.4 Å². The van der Waals surface area contributed by atoms with Gasteiger partial charge in [-0.15, -0.1) is 0 Å². The fourth-order valence-corrected chi connectivity index (χ4v) is 7.04. The zero-order valence-corrected chi connectivity index (χ0v) is 24.1. The molecule has 9 nitrogen and oxygen atoms in total. The first-order valence-electron chi connectivity index (χ1n) is 13.3. The molecule has 10 heteroatoms. The molecule has 3 aromatic rings. The van der Waals surface area contributed by atoms with Crippen molar-refractivity contribution in [2.75, 3.05) is 40.6 Å². The molecule has 3 atom stereocenters. The SMILES string of the molecule is COc1ccccc1-c1ccc2c(c1)O[C@H](CN(C)Cc1ccc3c(c1)OCO3)[C@H](C)CN([C@@H](C)CO)S2(=O)=O. The van der Waals surface area contributed by atoms with Crippen LogP contribution in [0.5, 0.6) is 23.0 Å². The van der Waals surface area contributed by atoms with Gasteiger partial charge >= 0.3 is 0 Å². The van der Waals surface area contributed by atoms with Gasteiger partial charge in [0.15, 0.2) is 11.5 Å². The number of para-hydroxylation sites is 1. The average Bonchev–Trinajstić information content (AvgIpc) is 3.42. The Hall–Kier alpha value is -3.31. The number of sulfonamides is 1. The molecule has 0 bridgehead atoms. The van der Waals surface area contributed by atoms with Crippen LogP contribution in [0.1, 0.15) is 19.4 Å². The van der Waals surface area contributed by atoms with E-state index in [1.165, 1.54) is 4.31 Å². The van der Waals surface area contributed by atoms with Gasteiger partial charge in [0, 0.05) is 37.2 Å². The van der Waals surface area contributed by atoms with E-state index in [1.807, 2.05) is 56.4 Å². The van der Waals surface area contributed by atoms with Gasteiger partial charge in [0.1, 0.15) is 22.5 Å². The summed E-state index contributed by atoms with van der Waals surface area (Å²) in [6.07, 6.45) is -0.324. The Morgan fingerprint density at radius 3 is 2.62 bits per heavy atom. The topological polar surface area (TPSA) is 97.8 Å². The molecule has 2 heterocycles. The monoisotopic (exact) mass is 568 g/mol. The number of aliphatic hydroxyl groups excluding tert-OH is 1. The summed E-state index contributed by atoms with van der Waals surface area (Å²) in [6, 6.07) is 18.0. The molecule has 1 N–H and O–H groups in total. The quantitative estimate of drug-likeness (QED) is 0.436. The number of aliphatic hydroxyl groups is 1. The molecule has 0 fully saturated rings. The Kier molecular flexibility index (Phi) is 8.23. The van der Waals surface area contributed by atoms with Gasteiger partial charge in [-0.2, -0.15) is 4.31 Å². The maximum absolute atomic E-state index is 13.8. The lowest BCUT2D eigenvalue weighted by Crippen LogP contribution is -2.49. The van der Waals surface area contributed by atoms with Crippen LogP contribution in [-0.4, -0.2) is 75.5 Å². The van der Waals surface area contributed by atoms with E-state index >= 15 is 0 Å². The van der Waals surface area contributed by atoms with Crippen molar-refractivity contribution >= 4 is 10.0 Å². The Morgan fingerprint density at radius 2 is 1.85 bits per heavy atom. The second kappa shape index (κ2) is 11.7. The van der Waals surface area contributed by atoms with Crippen LogP contribution in [0.15, 0.2) is 65.6 Å². The van der Waals surface area contributed by atoms with E-state index in [0.717, 1.165) is 28.2 Å². The zero-order chi connectivity index (χ0) is 28.4. The molecule has 0 aromatic heterocycles. The maximum Gasteiger partial charge on any atom is 0.247 e. The molecular weight excluding hydrogens is 532 g/mol. The molecular formula is C30H36N2O7S. The Labute approximate surface area is 235 Å². The van der Waals surface area contributed by atoms with Crippen LogP contribution >= 0.6 is 0 Å². The van der Waals surface area contributed by atoms with Crippen molar-refractivity contribution in [3.63, 3.8) is 0 Å². The summed E-state index contributed by atoms with van der Waals surface area (Å²) in [5, 5.41) is 9.93.